The first kappa shape index (κ1) is 14.4. The van der Waals surface area contributed by atoms with E-state index in [1.165, 1.54) is 0 Å². The van der Waals surface area contributed by atoms with Crippen LogP contribution in [0.4, 0.5) is 16.6 Å². The molecule has 2 rings (SSSR count). The lowest BCUT2D eigenvalue weighted by Crippen LogP contribution is -2.49. The van der Waals surface area contributed by atoms with Crippen LogP contribution in [0.1, 0.15) is 13.8 Å². The molecule has 0 saturated carbocycles. The second kappa shape index (κ2) is 6.93. The molecule has 1 N–H and O–H groups in total. The Kier molecular flexibility index (Phi) is 4.97. The zero-order chi connectivity index (χ0) is 14.4. The first-order chi connectivity index (χ1) is 9.74. The fourth-order valence-electron chi connectivity index (χ4n) is 2.10. The predicted octanol–water partition coefficient (Wildman–Crippen LogP) is 1.19. The van der Waals surface area contributed by atoms with Crippen LogP contribution in [0.15, 0.2) is 12.3 Å². The van der Waals surface area contributed by atoms with Crippen LogP contribution in [0.5, 0.6) is 0 Å². The lowest BCUT2D eigenvalue weighted by atomic mass is 10.3. The van der Waals surface area contributed by atoms with Gasteiger partial charge in [0.15, 0.2) is 0 Å². The van der Waals surface area contributed by atoms with Crippen molar-refractivity contribution in [1.82, 2.24) is 14.9 Å². The van der Waals surface area contributed by atoms with Gasteiger partial charge in [0.1, 0.15) is 5.82 Å². The average Bonchev–Trinajstić information content (AvgIpc) is 2.48. The standard InChI is InChI=1S/C13H21N5O2/c1-3-14-12-15-6-5-11(16-12)17-7-9-18(10-8-17)13(19)20-4-2/h5-6H,3-4,7-10H2,1-2H3,(H,14,15,16). The van der Waals surface area contributed by atoms with Gasteiger partial charge in [-0.2, -0.15) is 4.98 Å². The summed E-state index contributed by atoms with van der Waals surface area (Å²) in [5.41, 5.74) is 0. The van der Waals surface area contributed by atoms with Crippen LogP contribution in [0, 0.1) is 0 Å². The summed E-state index contributed by atoms with van der Waals surface area (Å²) in [7, 11) is 0. The molecule has 1 aliphatic rings. The number of nitrogens with one attached hydrogen (secondary N) is 1. The number of hydrogen-bond donors (Lipinski definition) is 1. The van der Waals surface area contributed by atoms with Crippen LogP contribution >= 0.6 is 0 Å². The van der Waals surface area contributed by atoms with Gasteiger partial charge in [-0.25, -0.2) is 9.78 Å². The average molecular weight is 279 g/mol. The van der Waals surface area contributed by atoms with Crippen LogP contribution in [-0.2, 0) is 4.74 Å². The highest BCUT2D eigenvalue weighted by molar-refractivity contribution is 5.68. The third kappa shape index (κ3) is 3.49. The Morgan fingerprint density at radius 1 is 1.35 bits per heavy atom. The molecule has 0 aromatic carbocycles. The van der Waals surface area contributed by atoms with Crippen molar-refractivity contribution in [2.75, 3.05) is 49.5 Å². The minimum absolute atomic E-state index is 0.233. The van der Waals surface area contributed by atoms with Gasteiger partial charge in [-0.15, -0.1) is 0 Å². The Hall–Kier alpha value is -2.05. The summed E-state index contributed by atoms with van der Waals surface area (Å²) in [6, 6.07) is 1.89. The fourth-order valence-corrected chi connectivity index (χ4v) is 2.10. The van der Waals surface area contributed by atoms with Crippen LogP contribution in [0.2, 0.25) is 0 Å². The molecule has 1 amide bonds. The third-order valence-corrected chi connectivity index (χ3v) is 3.11. The molecule has 2 heterocycles. The van der Waals surface area contributed by atoms with E-state index in [0.717, 1.165) is 25.5 Å². The van der Waals surface area contributed by atoms with Gasteiger partial charge in [-0.3, -0.25) is 0 Å². The summed E-state index contributed by atoms with van der Waals surface area (Å²) in [4.78, 5) is 24.1. The third-order valence-electron chi connectivity index (χ3n) is 3.11. The molecule has 1 aromatic rings. The molecule has 0 atom stereocenters. The van der Waals surface area contributed by atoms with Crippen molar-refractivity contribution in [3.63, 3.8) is 0 Å². The van der Waals surface area contributed by atoms with Gasteiger partial charge in [0.25, 0.3) is 0 Å². The molecule has 0 spiro atoms. The summed E-state index contributed by atoms with van der Waals surface area (Å²) < 4.78 is 5.01. The largest absolute Gasteiger partial charge is 0.450 e. The Morgan fingerprint density at radius 3 is 2.75 bits per heavy atom. The van der Waals surface area contributed by atoms with E-state index in [2.05, 4.69) is 20.2 Å². The van der Waals surface area contributed by atoms with Crippen molar-refractivity contribution < 1.29 is 9.53 Å². The van der Waals surface area contributed by atoms with Crippen LogP contribution in [-0.4, -0.2) is 60.3 Å². The number of rotatable bonds is 4. The van der Waals surface area contributed by atoms with Gasteiger partial charge in [0.2, 0.25) is 5.95 Å². The first-order valence-electron chi connectivity index (χ1n) is 6.98. The van der Waals surface area contributed by atoms with Crippen LogP contribution in [0.25, 0.3) is 0 Å². The number of nitrogens with zero attached hydrogens (tertiary/aromatic N) is 4. The molecular weight excluding hydrogens is 258 g/mol. The van der Waals surface area contributed by atoms with E-state index in [9.17, 15) is 4.79 Å². The Balaban J connectivity index is 1.93. The highest BCUT2D eigenvalue weighted by Crippen LogP contribution is 2.15. The molecule has 20 heavy (non-hydrogen) atoms. The number of carbonyl (C=O) groups excluding carboxylic acids is 1. The molecule has 7 nitrogen and oxygen atoms in total. The zero-order valence-corrected chi connectivity index (χ0v) is 12.0. The SMILES string of the molecule is CCNc1nccc(N2CCN(C(=O)OCC)CC2)n1. The molecule has 110 valence electrons. The maximum atomic E-state index is 11.6. The van der Waals surface area contributed by atoms with Crippen molar-refractivity contribution in [1.29, 1.82) is 0 Å². The van der Waals surface area contributed by atoms with Crippen LogP contribution < -0.4 is 10.2 Å². The predicted molar refractivity (Wildman–Crippen MR) is 77.0 cm³/mol. The zero-order valence-electron chi connectivity index (χ0n) is 12.0. The number of ether oxygens (including phenoxy) is 1. The van der Waals surface area contributed by atoms with Gasteiger partial charge < -0.3 is 19.9 Å². The van der Waals surface area contributed by atoms with Gasteiger partial charge in [-0.05, 0) is 19.9 Å². The van der Waals surface area contributed by atoms with E-state index >= 15 is 0 Å². The molecule has 0 bridgehead atoms. The van der Waals surface area contributed by atoms with Gasteiger partial charge in [0.05, 0.1) is 6.61 Å². The number of carbonyl (C=O) groups is 1. The number of aromatic nitrogens is 2. The maximum Gasteiger partial charge on any atom is 0.409 e. The summed E-state index contributed by atoms with van der Waals surface area (Å²) in [6.07, 6.45) is 1.51. The topological polar surface area (TPSA) is 70.6 Å². The quantitative estimate of drug-likeness (QED) is 0.892. The number of piperazine rings is 1. The second-order valence-corrected chi connectivity index (χ2v) is 4.44. The Morgan fingerprint density at radius 2 is 2.10 bits per heavy atom. The molecule has 7 heteroatoms. The van der Waals surface area contributed by atoms with E-state index in [-0.39, 0.29) is 6.09 Å². The highest BCUT2D eigenvalue weighted by atomic mass is 16.6. The van der Waals surface area contributed by atoms with Crippen molar-refractivity contribution in [2.24, 2.45) is 0 Å². The van der Waals surface area contributed by atoms with E-state index < -0.39 is 0 Å². The molecule has 0 aliphatic carbocycles. The lowest BCUT2D eigenvalue weighted by molar-refractivity contribution is 0.105. The second-order valence-electron chi connectivity index (χ2n) is 4.44. The number of amides is 1. The van der Waals surface area contributed by atoms with Gasteiger partial charge in [-0.1, -0.05) is 0 Å². The molecule has 0 radical (unpaired) electrons. The smallest absolute Gasteiger partial charge is 0.409 e. The minimum atomic E-state index is -0.233. The molecule has 1 fully saturated rings. The number of anilines is 2. The van der Waals surface area contributed by atoms with Gasteiger partial charge in [0, 0.05) is 38.9 Å². The monoisotopic (exact) mass is 279 g/mol. The lowest BCUT2D eigenvalue weighted by Gasteiger charge is -2.34. The van der Waals surface area contributed by atoms with Crippen molar-refractivity contribution in [2.45, 2.75) is 13.8 Å². The highest BCUT2D eigenvalue weighted by Gasteiger charge is 2.22. The summed E-state index contributed by atoms with van der Waals surface area (Å²) >= 11 is 0. The fraction of sp³-hybridized carbons (Fsp3) is 0.615. The van der Waals surface area contributed by atoms with E-state index in [1.54, 1.807) is 11.1 Å². The van der Waals surface area contributed by atoms with Crippen molar-refractivity contribution in [3.05, 3.63) is 12.3 Å². The van der Waals surface area contributed by atoms with E-state index in [0.29, 0.717) is 25.6 Å². The van der Waals surface area contributed by atoms with E-state index in [4.69, 9.17) is 4.74 Å². The van der Waals surface area contributed by atoms with Crippen molar-refractivity contribution in [3.8, 4) is 0 Å². The summed E-state index contributed by atoms with van der Waals surface area (Å²) in [6.45, 7) is 7.84. The normalized spacial score (nSPS) is 15.1. The molecule has 1 aromatic heterocycles. The summed E-state index contributed by atoms with van der Waals surface area (Å²) in [5.74, 6) is 1.53. The molecular formula is C13H21N5O2. The first-order valence-corrected chi connectivity index (χ1v) is 6.98. The Bertz CT molecular complexity index is 446. The summed E-state index contributed by atoms with van der Waals surface area (Å²) in [5, 5.41) is 3.10. The Labute approximate surface area is 118 Å². The van der Waals surface area contributed by atoms with Crippen LogP contribution in [0.3, 0.4) is 0 Å². The molecule has 1 saturated heterocycles. The van der Waals surface area contributed by atoms with E-state index in [1.807, 2.05) is 19.9 Å². The van der Waals surface area contributed by atoms with Crippen molar-refractivity contribution >= 4 is 17.9 Å². The molecule has 0 unspecified atom stereocenters. The van der Waals surface area contributed by atoms with Gasteiger partial charge >= 0.3 is 6.09 Å². The maximum absolute atomic E-state index is 11.6. The minimum Gasteiger partial charge on any atom is -0.450 e. The molecule has 1 aliphatic heterocycles. The number of hydrogen-bond acceptors (Lipinski definition) is 6.